The minimum absolute atomic E-state index is 0.0426. The van der Waals surface area contributed by atoms with Crippen LogP contribution in [0.2, 0.25) is 0 Å². The molecule has 0 fully saturated rings. The van der Waals surface area contributed by atoms with Crippen molar-refractivity contribution >= 4 is 12.1 Å². The van der Waals surface area contributed by atoms with Crippen LogP contribution in [0.1, 0.15) is 19.8 Å². The van der Waals surface area contributed by atoms with Crippen molar-refractivity contribution in [3.8, 4) is 0 Å². The number of hydrogen-bond donors (Lipinski definition) is 3. The van der Waals surface area contributed by atoms with E-state index in [1.807, 2.05) is 5.32 Å². The predicted molar refractivity (Wildman–Crippen MR) is 59.8 cm³/mol. The van der Waals surface area contributed by atoms with Gasteiger partial charge in [-0.3, -0.25) is 0 Å². The zero-order chi connectivity index (χ0) is 14.8. The summed E-state index contributed by atoms with van der Waals surface area (Å²) >= 11 is 0. The Balaban J connectivity index is 3.74. The standard InChI is InChI=1S/C9H16N2O8/c1-6(12)7(8(13)14)10-9(15)18-4-2-3-5-19-11(16)17/h6-7,12H,2-5H2,1H3,(H,10,15)(H,13,14). The number of hydrogen-bond acceptors (Lipinski definition) is 7. The largest absolute Gasteiger partial charge is 0.480 e. The second kappa shape index (κ2) is 8.91. The molecule has 2 atom stereocenters. The summed E-state index contributed by atoms with van der Waals surface area (Å²) in [5.41, 5.74) is 0. The van der Waals surface area contributed by atoms with Crippen LogP contribution in [-0.2, 0) is 14.4 Å². The summed E-state index contributed by atoms with van der Waals surface area (Å²) in [6, 6.07) is -1.45. The Kier molecular flexibility index (Phi) is 7.93. The molecule has 3 N–H and O–H groups in total. The van der Waals surface area contributed by atoms with Gasteiger partial charge >= 0.3 is 12.1 Å². The first-order chi connectivity index (χ1) is 8.84. The van der Waals surface area contributed by atoms with Crippen molar-refractivity contribution in [2.24, 2.45) is 0 Å². The van der Waals surface area contributed by atoms with Gasteiger partial charge in [-0.1, -0.05) is 0 Å². The first-order valence-corrected chi connectivity index (χ1v) is 5.46. The van der Waals surface area contributed by atoms with Gasteiger partial charge in [-0.05, 0) is 19.8 Å². The maximum Gasteiger partial charge on any atom is 0.407 e. The Morgan fingerprint density at radius 1 is 1.37 bits per heavy atom. The van der Waals surface area contributed by atoms with Crippen molar-refractivity contribution < 1.29 is 34.5 Å². The van der Waals surface area contributed by atoms with E-state index in [9.17, 15) is 19.7 Å². The number of aliphatic hydroxyl groups excluding tert-OH is 1. The SMILES string of the molecule is CC(O)C(NC(=O)OCCCCO[N+](=O)[O-])C(=O)O. The molecule has 0 aromatic carbocycles. The number of aliphatic carboxylic acids is 1. The fourth-order valence-corrected chi connectivity index (χ4v) is 1.07. The molecule has 110 valence electrons. The van der Waals surface area contributed by atoms with E-state index >= 15 is 0 Å². The molecular formula is C9H16N2O8. The van der Waals surface area contributed by atoms with E-state index in [-0.39, 0.29) is 13.2 Å². The minimum atomic E-state index is -1.45. The molecule has 0 spiro atoms. The van der Waals surface area contributed by atoms with Gasteiger partial charge in [0.2, 0.25) is 0 Å². The first kappa shape index (κ1) is 16.9. The van der Waals surface area contributed by atoms with Crippen LogP contribution in [-0.4, -0.2) is 52.7 Å². The number of carbonyl (C=O) groups excluding carboxylic acids is 1. The van der Waals surface area contributed by atoms with E-state index in [1.165, 1.54) is 6.92 Å². The lowest BCUT2D eigenvalue weighted by atomic mass is 10.2. The Hall–Kier alpha value is -2.10. The van der Waals surface area contributed by atoms with Gasteiger partial charge in [0.15, 0.2) is 6.04 Å². The zero-order valence-electron chi connectivity index (χ0n) is 10.3. The van der Waals surface area contributed by atoms with Crippen LogP contribution in [0.3, 0.4) is 0 Å². The van der Waals surface area contributed by atoms with E-state index in [2.05, 4.69) is 9.57 Å². The van der Waals surface area contributed by atoms with Crippen molar-refractivity contribution in [1.82, 2.24) is 5.32 Å². The van der Waals surface area contributed by atoms with Gasteiger partial charge in [-0.15, -0.1) is 10.1 Å². The average molecular weight is 280 g/mol. The number of carbonyl (C=O) groups is 2. The Labute approximate surface area is 108 Å². The highest BCUT2D eigenvalue weighted by Gasteiger charge is 2.25. The average Bonchev–Trinajstić information content (AvgIpc) is 2.29. The summed E-state index contributed by atoms with van der Waals surface area (Å²) in [7, 11) is 0. The lowest BCUT2D eigenvalue weighted by molar-refractivity contribution is -0.757. The fourth-order valence-electron chi connectivity index (χ4n) is 1.07. The Morgan fingerprint density at radius 3 is 2.42 bits per heavy atom. The molecule has 0 aromatic heterocycles. The quantitative estimate of drug-likeness (QED) is 0.291. The van der Waals surface area contributed by atoms with Crippen molar-refractivity contribution in [3.63, 3.8) is 0 Å². The van der Waals surface area contributed by atoms with Crippen LogP contribution in [0.25, 0.3) is 0 Å². The van der Waals surface area contributed by atoms with E-state index in [4.69, 9.17) is 10.2 Å². The molecule has 0 aromatic rings. The molecule has 0 saturated heterocycles. The summed E-state index contributed by atoms with van der Waals surface area (Å²) < 4.78 is 4.63. The summed E-state index contributed by atoms with van der Waals surface area (Å²) in [6.45, 7) is 1.07. The molecule has 0 aliphatic heterocycles. The number of carboxylic acids is 1. The maximum absolute atomic E-state index is 11.2. The topological polar surface area (TPSA) is 148 Å². The number of aliphatic hydroxyl groups is 1. The molecule has 0 aliphatic carbocycles. The highest BCUT2D eigenvalue weighted by molar-refractivity contribution is 5.80. The number of carboxylic acid groups (broad SMARTS) is 1. The normalized spacial score (nSPS) is 13.2. The van der Waals surface area contributed by atoms with Crippen LogP contribution in [0, 0.1) is 10.1 Å². The number of nitrogens with one attached hydrogen (secondary N) is 1. The summed E-state index contributed by atoms with van der Waals surface area (Å²) in [5, 5.41) is 28.6. The molecule has 2 unspecified atom stereocenters. The van der Waals surface area contributed by atoms with Crippen molar-refractivity contribution in [2.45, 2.75) is 31.9 Å². The van der Waals surface area contributed by atoms with Crippen LogP contribution < -0.4 is 5.32 Å². The van der Waals surface area contributed by atoms with Gasteiger partial charge < -0.3 is 25.1 Å². The number of nitrogens with zero attached hydrogens (tertiary/aromatic N) is 1. The van der Waals surface area contributed by atoms with Gasteiger partial charge in [-0.2, -0.15) is 0 Å². The highest BCUT2D eigenvalue weighted by Crippen LogP contribution is 1.96. The van der Waals surface area contributed by atoms with E-state index < -0.39 is 29.3 Å². The third-order valence-electron chi connectivity index (χ3n) is 1.99. The monoisotopic (exact) mass is 280 g/mol. The second-order valence-electron chi connectivity index (χ2n) is 3.60. The molecule has 0 heterocycles. The maximum atomic E-state index is 11.2. The summed E-state index contributed by atoms with van der Waals surface area (Å²) in [6.07, 6.45) is -1.61. The fraction of sp³-hybridized carbons (Fsp3) is 0.778. The third kappa shape index (κ3) is 8.60. The number of unbranched alkanes of at least 4 members (excludes halogenated alkanes) is 1. The van der Waals surface area contributed by atoms with Crippen LogP contribution in [0.15, 0.2) is 0 Å². The predicted octanol–water partition coefficient (Wildman–Crippen LogP) is -0.465. The van der Waals surface area contributed by atoms with Gasteiger partial charge in [0.25, 0.3) is 5.09 Å². The molecule has 10 nitrogen and oxygen atoms in total. The molecule has 0 aliphatic rings. The van der Waals surface area contributed by atoms with Gasteiger partial charge in [0, 0.05) is 0 Å². The van der Waals surface area contributed by atoms with Crippen LogP contribution in [0.4, 0.5) is 4.79 Å². The van der Waals surface area contributed by atoms with Crippen LogP contribution in [0.5, 0.6) is 0 Å². The second-order valence-corrected chi connectivity index (χ2v) is 3.60. The lowest BCUT2D eigenvalue weighted by Gasteiger charge is -2.16. The molecule has 0 rings (SSSR count). The van der Waals surface area contributed by atoms with Crippen LogP contribution >= 0.6 is 0 Å². The number of amides is 1. The van der Waals surface area contributed by atoms with Crippen molar-refractivity contribution in [1.29, 1.82) is 0 Å². The van der Waals surface area contributed by atoms with E-state index in [0.29, 0.717) is 12.8 Å². The Bertz CT molecular complexity index is 319. The highest BCUT2D eigenvalue weighted by atomic mass is 16.9. The molecule has 10 heteroatoms. The lowest BCUT2D eigenvalue weighted by Crippen LogP contribution is -2.47. The van der Waals surface area contributed by atoms with E-state index in [1.54, 1.807) is 0 Å². The number of alkyl carbamates (subject to hydrolysis) is 1. The molecule has 19 heavy (non-hydrogen) atoms. The molecule has 1 amide bonds. The molecule has 0 bridgehead atoms. The summed E-state index contributed by atoms with van der Waals surface area (Å²) in [4.78, 5) is 35.6. The summed E-state index contributed by atoms with van der Waals surface area (Å²) in [5.74, 6) is -1.38. The molecular weight excluding hydrogens is 264 g/mol. The number of rotatable bonds is 9. The van der Waals surface area contributed by atoms with Gasteiger partial charge in [0.05, 0.1) is 19.3 Å². The molecule has 0 radical (unpaired) electrons. The van der Waals surface area contributed by atoms with Gasteiger partial charge in [0.1, 0.15) is 0 Å². The third-order valence-corrected chi connectivity index (χ3v) is 1.99. The van der Waals surface area contributed by atoms with Crippen molar-refractivity contribution in [2.75, 3.05) is 13.2 Å². The smallest absolute Gasteiger partial charge is 0.407 e. The number of ether oxygens (including phenoxy) is 1. The van der Waals surface area contributed by atoms with E-state index in [0.717, 1.165) is 0 Å². The minimum Gasteiger partial charge on any atom is -0.480 e. The Morgan fingerprint density at radius 2 is 1.95 bits per heavy atom. The zero-order valence-corrected chi connectivity index (χ0v) is 10.3. The first-order valence-electron chi connectivity index (χ1n) is 5.46. The van der Waals surface area contributed by atoms with Crippen molar-refractivity contribution in [3.05, 3.63) is 10.1 Å². The molecule has 0 saturated carbocycles. The van der Waals surface area contributed by atoms with Gasteiger partial charge in [-0.25, -0.2) is 9.59 Å².